The Balaban J connectivity index is 1.46. The Morgan fingerprint density at radius 3 is 2.37 bits per heavy atom. The Morgan fingerprint density at radius 2 is 1.70 bits per heavy atom. The second-order valence-corrected chi connectivity index (χ2v) is 8.20. The van der Waals surface area contributed by atoms with Crippen molar-refractivity contribution in [3.63, 3.8) is 0 Å². The quantitative estimate of drug-likeness (QED) is 0.472. The van der Waals surface area contributed by atoms with Crippen LogP contribution in [0.2, 0.25) is 0 Å². The number of sulfonamides is 1. The molecule has 2 aromatic carbocycles. The fourth-order valence-corrected chi connectivity index (χ4v) is 3.89. The summed E-state index contributed by atoms with van der Waals surface area (Å²) in [6.45, 7) is 2.02. The van der Waals surface area contributed by atoms with Gasteiger partial charge in [-0.25, -0.2) is 23.1 Å². The van der Waals surface area contributed by atoms with Gasteiger partial charge in [0.15, 0.2) is 5.82 Å². The number of hydrogen-bond donors (Lipinski definition) is 2. The normalized spacial score (nSPS) is 11.2. The lowest BCUT2D eigenvalue weighted by molar-refractivity contribution is 0.601. The highest BCUT2D eigenvalue weighted by atomic mass is 32.2. The molecule has 2 aromatic heterocycles. The summed E-state index contributed by atoms with van der Waals surface area (Å²) in [4.78, 5) is 8.63. The molecule has 0 spiro atoms. The number of aryl methyl sites for hydroxylation is 1. The van der Waals surface area contributed by atoms with Crippen LogP contribution in [0.5, 0.6) is 0 Å². The van der Waals surface area contributed by atoms with Gasteiger partial charge < -0.3 is 5.32 Å². The predicted molar refractivity (Wildman–Crippen MR) is 116 cm³/mol. The molecule has 0 saturated carbocycles. The lowest BCUT2D eigenvalue weighted by Crippen LogP contribution is -2.12. The van der Waals surface area contributed by atoms with Gasteiger partial charge in [0.25, 0.3) is 10.0 Å². The molecule has 0 aliphatic carbocycles. The molecule has 0 aliphatic heterocycles. The second kappa shape index (κ2) is 8.34. The van der Waals surface area contributed by atoms with E-state index >= 15 is 0 Å². The zero-order valence-corrected chi connectivity index (χ0v) is 17.0. The number of anilines is 3. The van der Waals surface area contributed by atoms with Crippen molar-refractivity contribution in [3.05, 3.63) is 84.9 Å². The molecule has 152 valence electrons. The maximum absolute atomic E-state index is 12.6. The molecular formula is C21H20N6O2S. The van der Waals surface area contributed by atoms with Gasteiger partial charge in [0, 0.05) is 29.8 Å². The number of hydrogen-bond acceptors (Lipinski definition) is 6. The number of aromatic nitrogens is 4. The van der Waals surface area contributed by atoms with Gasteiger partial charge in [0.2, 0.25) is 0 Å². The lowest BCUT2D eigenvalue weighted by Gasteiger charge is -2.10. The summed E-state index contributed by atoms with van der Waals surface area (Å²) in [7, 11) is -3.64. The van der Waals surface area contributed by atoms with Gasteiger partial charge in [-0.3, -0.25) is 4.72 Å². The molecule has 8 nitrogen and oxygen atoms in total. The van der Waals surface area contributed by atoms with Crippen molar-refractivity contribution in [2.75, 3.05) is 10.0 Å². The number of rotatable bonds is 7. The monoisotopic (exact) mass is 420 g/mol. The van der Waals surface area contributed by atoms with Crippen LogP contribution in [0, 0.1) is 0 Å². The topological polar surface area (TPSA) is 102 Å². The Hall–Kier alpha value is -3.72. The molecule has 0 amide bonds. The van der Waals surface area contributed by atoms with Crippen molar-refractivity contribution < 1.29 is 8.42 Å². The number of benzene rings is 2. The van der Waals surface area contributed by atoms with Crippen LogP contribution < -0.4 is 10.0 Å². The van der Waals surface area contributed by atoms with E-state index in [4.69, 9.17) is 0 Å². The summed E-state index contributed by atoms with van der Waals surface area (Å²) >= 11 is 0. The highest BCUT2D eigenvalue weighted by Crippen LogP contribution is 2.21. The highest BCUT2D eigenvalue weighted by Gasteiger charge is 2.14. The van der Waals surface area contributed by atoms with Crippen LogP contribution in [0.15, 0.2) is 84.3 Å². The van der Waals surface area contributed by atoms with Crippen molar-refractivity contribution in [1.29, 1.82) is 0 Å². The van der Waals surface area contributed by atoms with E-state index in [0.29, 0.717) is 17.3 Å². The highest BCUT2D eigenvalue weighted by molar-refractivity contribution is 7.92. The lowest BCUT2D eigenvalue weighted by atomic mass is 10.2. The molecule has 0 unspecified atom stereocenters. The maximum atomic E-state index is 12.6. The van der Waals surface area contributed by atoms with E-state index in [-0.39, 0.29) is 4.90 Å². The van der Waals surface area contributed by atoms with Gasteiger partial charge in [-0.2, -0.15) is 5.10 Å². The fourth-order valence-electron chi connectivity index (χ4n) is 2.83. The zero-order valence-electron chi connectivity index (χ0n) is 16.2. The van der Waals surface area contributed by atoms with Gasteiger partial charge in [0.1, 0.15) is 12.1 Å². The molecule has 4 aromatic rings. The predicted octanol–water partition coefficient (Wildman–Crippen LogP) is 3.77. The van der Waals surface area contributed by atoms with E-state index in [9.17, 15) is 8.42 Å². The summed E-state index contributed by atoms with van der Waals surface area (Å²) in [6.07, 6.45) is 5.78. The molecule has 2 N–H and O–H groups in total. The molecule has 0 atom stereocenters. The first-order chi connectivity index (χ1) is 14.5. The Labute approximate surface area is 174 Å². The van der Waals surface area contributed by atoms with Gasteiger partial charge in [-0.05, 0) is 54.4 Å². The summed E-state index contributed by atoms with van der Waals surface area (Å²) in [5, 5.41) is 7.32. The van der Waals surface area contributed by atoms with Crippen LogP contribution in [0.1, 0.15) is 12.5 Å². The molecular weight excluding hydrogens is 400 g/mol. The third kappa shape index (κ3) is 4.47. The first kappa shape index (κ1) is 19.6. The average molecular weight is 420 g/mol. The van der Waals surface area contributed by atoms with E-state index in [2.05, 4.69) is 25.1 Å². The minimum absolute atomic E-state index is 0.231. The van der Waals surface area contributed by atoms with Crippen LogP contribution in [-0.2, 0) is 16.4 Å². The smallest absolute Gasteiger partial charge is 0.261 e. The largest absolute Gasteiger partial charge is 0.340 e. The Kier molecular flexibility index (Phi) is 5.44. The average Bonchev–Trinajstić information content (AvgIpc) is 3.30. The van der Waals surface area contributed by atoms with E-state index in [1.54, 1.807) is 59.5 Å². The zero-order chi connectivity index (χ0) is 21.0. The third-order valence-electron chi connectivity index (χ3n) is 4.44. The molecule has 30 heavy (non-hydrogen) atoms. The van der Waals surface area contributed by atoms with Crippen molar-refractivity contribution in [1.82, 2.24) is 19.7 Å². The van der Waals surface area contributed by atoms with E-state index < -0.39 is 10.0 Å². The molecule has 0 saturated heterocycles. The van der Waals surface area contributed by atoms with E-state index in [1.807, 2.05) is 25.1 Å². The van der Waals surface area contributed by atoms with Gasteiger partial charge >= 0.3 is 0 Å². The second-order valence-electron chi connectivity index (χ2n) is 6.52. The number of nitrogens with one attached hydrogen (secondary N) is 2. The van der Waals surface area contributed by atoms with Crippen molar-refractivity contribution in [2.45, 2.75) is 18.2 Å². The van der Waals surface area contributed by atoms with Gasteiger partial charge in [-0.1, -0.05) is 19.1 Å². The fraction of sp³-hybridized carbons (Fsp3) is 0.0952. The Bertz CT molecular complexity index is 1220. The number of nitrogens with zero attached hydrogens (tertiary/aromatic N) is 4. The van der Waals surface area contributed by atoms with Crippen molar-refractivity contribution in [2.24, 2.45) is 0 Å². The molecule has 0 fully saturated rings. The first-order valence-corrected chi connectivity index (χ1v) is 10.8. The Morgan fingerprint density at radius 1 is 0.967 bits per heavy atom. The minimum Gasteiger partial charge on any atom is -0.340 e. The SMILES string of the molecule is CCc1ccc(S(=O)(=O)Nc2ccc(Nc3cc(-n4cccn4)ncn3)cc2)cc1. The molecule has 0 bridgehead atoms. The molecule has 2 heterocycles. The molecule has 4 rings (SSSR count). The van der Waals surface area contributed by atoms with Gasteiger partial charge in [-0.15, -0.1) is 0 Å². The standard InChI is InChI=1S/C21H20N6O2S/c1-2-16-4-10-19(11-5-16)30(28,29)26-18-8-6-17(7-9-18)25-20-14-21(23-15-22-20)27-13-3-12-24-27/h3-15,26H,2H2,1H3,(H,22,23,25). The minimum atomic E-state index is -3.64. The third-order valence-corrected chi connectivity index (χ3v) is 5.84. The first-order valence-electron chi connectivity index (χ1n) is 9.34. The van der Waals surface area contributed by atoms with Crippen LogP contribution in [0.4, 0.5) is 17.2 Å². The van der Waals surface area contributed by atoms with Crippen molar-refractivity contribution >= 4 is 27.2 Å². The van der Waals surface area contributed by atoms with Crippen molar-refractivity contribution in [3.8, 4) is 5.82 Å². The van der Waals surface area contributed by atoms with Crippen LogP contribution in [0.3, 0.4) is 0 Å². The molecule has 9 heteroatoms. The van der Waals surface area contributed by atoms with Crippen LogP contribution in [0.25, 0.3) is 5.82 Å². The summed E-state index contributed by atoms with van der Waals surface area (Å²) in [6, 6.07) is 17.4. The summed E-state index contributed by atoms with van der Waals surface area (Å²) in [5.74, 6) is 1.23. The van der Waals surface area contributed by atoms with Crippen LogP contribution >= 0.6 is 0 Å². The molecule has 0 aliphatic rings. The molecule has 0 radical (unpaired) electrons. The van der Waals surface area contributed by atoms with Crippen LogP contribution in [-0.4, -0.2) is 28.2 Å². The maximum Gasteiger partial charge on any atom is 0.261 e. The summed E-state index contributed by atoms with van der Waals surface area (Å²) in [5.41, 5.74) is 2.32. The van der Waals surface area contributed by atoms with E-state index in [1.165, 1.54) is 6.33 Å². The van der Waals surface area contributed by atoms with Gasteiger partial charge in [0.05, 0.1) is 4.90 Å². The van der Waals surface area contributed by atoms with E-state index in [0.717, 1.165) is 17.7 Å². The summed E-state index contributed by atoms with van der Waals surface area (Å²) < 4.78 is 29.4.